The van der Waals surface area contributed by atoms with E-state index in [1.54, 1.807) is 26.0 Å². The van der Waals surface area contributed by atoms with Gasteiger partial charge in [0.15, 0.2) is 18.1 Å². The Morgan fingerprint density at radius 1 is 1.32 bits per heavy atom. The molecule has 134 valence electrons. The van der Waals surface area contributed by atoms with Crippen molar-refractivity contribution < 1.29 is 23.8 Å². The number of hydrogen-bond donors (Lipinski definition) is 1. The average molecular weight is 411 g/mol. The first-order chi connectivity index (χ1) is 11.8. The summed E-state index contributed by atoms with van der Waals surface area (Å²) < 4.78 is 15.7. The Kier molecular flexibility index (Phi) is 7.95. The fourth-order valence-electron chi connectivity index (χ4n) is 1.77. The lowest BCUT2D eigenvalue weighted by Crippen LogP contribution is -2.30. The first-order valence-corrected chi connectivity index (χ1v) is 8.11. The highest BCUT2D eigenvalue weighted by molar-refractivity contribution is 9.10. The molecule has 0 bridgehead atoms. The summed E-state index contributed by atoms with van der Waals surface area (Å²) in [5.74, 6) is -0.323. The minimum atomic E-state index is -0.528. The molecule has 0 fully saturated rings. The third kappa shape index (κ3) is 6.12. The zero-order valence-corrected chi connectivity index (χ0v) is 16.0. The SMILES string of the molecule is COC(=O)COc1cc(Br)c(/C=C(/C#N)C(=O)NC(C)C)cc1OC. The minimum Gasteiger partial charge on any atom is -0.493 e. The van der Waals surface area contributed by atoms with E-state index in [1.165, 1.54) is 20.3 Å². The molecule has 0 heterocycles. The van der Waals surface area contributed by atoms with Gasteiger partial charge in [-0.25, -0.2) is 4.79 Å². The summed E-state index contributed by atoms with van der Waals surface area (Å²) in [6.45, 7) is 3.34. The number of nitriles is 1. The van der Waals surface area contributed by atoms with E-state index in [0.29, 0.717) is 21.5 Å². The molecule has 0 unspecified atom stereocenters. The number of halogens is 1. The fraction of sp³-hybridized carbons (Fsp3) is 0.353. The van der Waals surface area contributed by atoms with E-state index in [-0.39, 0.29) is 18.2 Å². The Hall–Kier alpha value is -2.53. The molecule has 0 radical (unpaired) electrons. The van der Waals surface area contributed by atoms with Crippen LogP contribution in [0.1, 0.15) is 19.4 Å². The van der Waals surface area contributed by atoms with Crippen LogP contribution < -0.4 is 14.8 Å². The molecule has 8 heteroatoms. The van der Waals surface area contributed by atoms with E-state index in [0.717, 1.165) is 0 Å². The van der Waals surface area contributed by atoms with Crippen LogP contribution >= 0.6 is 15.9 Å². The number of ether oxygens (including phenoxy) is 3. The van der Waals surface area contributed by atoms with Gasteiger partial charge in [-0.15, -0.1) is 0 Å². The van der Waals surface area contributed by atoms with Gasteiger partial charge in [-0.1, -0.05) is 15.9 Å². The smallest absolute Gasteiger partial charge is 0.343 e. The van der Waals surface area contributed by atoms with Crippen LogP contribution in [0.5, 0.6) is 11.5 Å². The molecule has 1 N–H and O–H groups in total. The zero-order valence-electron chi connectivity index (χ0n) is 14.4. The number of carbonyl (C=O) groups is 2. The van der Waals surface area contributed by atoms with E-state index in [9.17, 15) is 14.9 Å². The highest BCUT2D eigenvalue weighted by Gasteiger charge is 2.14. The number of nitrogens with one attached hydrogen (secondary N) is 1. The molecule has 1 amide bonds. The van der Waals surface area contributed by atoms with Gasteiger partial charge in [-0.2, -0.15) is 5.26 Å². The Bertz CT molecular complexity index is 722. The summed E-state index contributed by atoms with van der Waals surface area (Å²) in [5.41, 5.74) is 0.511. The number of carbonyl (C=O) groups excluding carboxylic acids is 2. The molecule has 0 aromatic heterocycles. The second kappa shape index (κ2) is 9.69. The van der Waals surface area contributed by atoms with Crippen LogP contribution in [0.3, 0.4) is 0 Å². The molecule has 1 aromatic carbocycles. The number of amides is 1. The molecule has 0 aliphatic carbocycles. The standard InChI is InChI=1S/C17H19BrN2O5/c1-10(2)20-17(22)12(8-19)5-11-6-14(23-3)15(7-13(11)18)25-9-16(21)24-4/h5-7,10H,9H2,1-4H3,(H,20,22)/b12-5-. The first kappa shape index (κ1) is 20.5. The number of rotatable bonds is 7. The van der Waals surface area contributed by atoms with Gasteiger partial charge in [0.1, 0.15) is 11.6 Å². The van der Waals surface area contributed by atoms with Gasteiger partial charge < -0.3 is 19.5 Å². The lowest BCUT2D eigenvalue weighted by molar-refractivity contribution is -0.142. The second-order valence-electron chi connectivity index (χ2n) is 5.19. The Morgan fingerprint density at radius 2 is 2.00 bits per heavy atom. The first-order valence-electron chi connectivity index (χ1n) is 7.32. The Labute approximate surface area is 154 Å². The van der Waals surface area contributed by atoms with Crippen molar-refractivity contribution in [1.29, 1.82) is 5.26 Å². The zero-order chi connectivity index (χ0) is 19.0. The molecular formula is C17H19BrN2O5. The summed E-state index contributed by atoms with van der Waals surface area (Å²) >= 11 is 3.35. The lowest BCUT2D eigenvalue weighted by Gasteiger charge is -2.12. The van der Waals surface area contributed by atoms with Crippen molar-refractivity contribution in [3.05, 3.63) is 27.7 Å². The Morgan fingerprint density at radius 3 is 2.52 bits per heavy atom. The summed E-state index contributed by atoms with van der Waals surface area (Å²) in [7, 11) is 2.71. The maximum atomic E-state index is 12.0. The molecule has 0 atom stereocenters. The van der Waals surface area contributed by atoms with E-state index in [1.807, 2.05) is 6.07 Å². The predicted molar refractivity (Wildman–Crippen MR) is 95.1 cm³/mol. The van der Waals surface area contributed by atoms with Gasteiger partial charge in [0.2, 0.25) is 0 Å². The maximum Gasteiger partial charge on any atom is 0.343 e. The van der Waals surface area contributed by atoms with Gasteiger partial charge in [0, 0.05) is 10.5 Å². The van der Waals surface area contributed by atoms with E-state index in [4.69, 9.17) is 9.47 Å². The molecular weight excluding hydrogens is 392 g/mol. The Balaban J connectivity index is 3.16. The number of methoxy groups -OCH3 is 2. The van der Waals surface area contributed by atoms with Crippen molar-refractivity contribution in [3.8, 4) is 17.6 Å². The quantitative estimate of drug-likeness (QED) is 0.421. The van der Waals surface area contributed by atoms with Gasteiger partial charge in [0.25, 0.3) is 5.91 Å². The lowest BCUT2D eigenvalue weighted by atomic mass is 10.1. The van der Waals surface area contributed by atoms with Crippen molar-refractivity contribution in [1.82, 2.24) is 5.32 Å². The fourth-order valence-corrected chi connectivity index (χ4v) is 2.21. The van der Waals surface area contributed by atoms with Crippen molar-refractivity contribution in [2.45, 2.75) is 19.9 Å². The molecule has 7 nitrogen and oxygen atoms in total. The van der Waals surface area contributed by atoms with Crippen LogP contribution in [0.15, 0.2) is 22.2 Å². The molecule has 0 aliphatic heterocycles. The molecule has 0 saturated carbocycles. The maximum absolute atomic E-state index is 12.0. The van der Waals surface area contributed by atoms with Gasteiger partial charge >= 0.3 is 5.97 Å². The number of nitrogens with zero attached hydrogens (tertiary/aromatic N) is 1. The highest BCUT2D eigenvalue weighted by Crippen LogP contribution is 2.34. The van der Waals surface area contributed by atoms with Crippen LogP contribution in [0.25, 0.3) is 6.08 Å². The number of hydrogen-bond acceptors (Lipinski definition) is 6. The third-order valence-electron chi connectivity index (χ3n) is 2.94. The van der Waals surface area contributed by atoms with Crippen molar-refractivity contribution in [3.63, 3.8) is 0 Å². The molecule has 0 spiro atoms. The monoisotopic (exact) mass is 410 g/mol. The van der Waals surface area contributed by atoms with E-state index < -0.39 is 11.9 Å². The summed E-state index contributed by atoms with van der Waals surface area (Å²) in [4.78, 5) is 23.2. The van der Waals surface area contributed by atoms with Crippen molar-refractivity contribution in [2.24, 2.45) is 0 Å². The van der Waals surface area contributed by atoms with E-state index >= 15 is 0 Å². The van der Waals surface area contributed by atoms with E-state index in [2.05, 4.69) is 26.0 Å². The molecule has 0 saturated heterocycles. The van der Waals surface area contributed by atoms with Crippen LogP contribution in [0.2, 0.25) is 0 Å². The van der Waals surface area contributed by atoms with Crippen LogP contribution in [-0.2, 0) is 14.3 Å². The normalized spacial score (nSPS) is 10.8. The van der Waals surface area contributed by atoms with Gasteiger partial charge in [0.05, 0.1) is 14.2 Å². The van der Waals surface area contributed by atoms with Crippen LogP contribution in [-0.4, -0.2) is 38.7 Å². The van der Waals surface area contributed by atoms with Gasteiger partial charge in [-0.05, 0) is 37.6 Å². The van der Waals surface area contributed by atoms with Crippen LogP contribution in [0, 0.1) is 11.3 Å². The summed E-state index contributed by atoms with van der Waals surface area (Å²) in [5, 5.41) is 11.9. The highest BCUT2D eigenvalue weighted by atomic mass is 79.9. The number of benzene rings is 1. The largest absolute Gasteiger partial charge is 0.493 e. The van der Waals surface area contributed by atoms with Crippen LogP contribution in [0.4, 0.5) is 0 Å². The predicted octanol–water partition coefficient (Wildman–Crippen LogP) is 2.44. The minimum absolute atomic E-state index is 0.0420. The molecule has 0 aliphatic rings. The second-order valence-corrected chi connectivity index (χ2v) is 6.04. The molecule has 25 heavy (non-hydrogen) atoms. The third-order valence-corrected chi connectivity index (χ3v) is 3.63. The van der Waals surface area contributed by atoms with Gasteiger partial charge in [-0.3, -0.25) is 4.79 Å². The number of esters is 1. The molecule has 1 aromatic rings. The summed E-state index contributed by atoms with van der Waals surface area (Å²) in [6, 6.07) is 4.97. The van der Waals surface area contributed by atoms with Crippen molar-refractivity contribution in [2.75, 3.05) is 20.8 Å². The summed E-state index contributed by atoms with van der Waals surface area (Å²) in [6.07, 6.45) is 1.44. The molecule has 1 rings (SSSR count). The topological polar surface area (TPSA) is 97.7 Å². The average Bonchev–Trinajstić information content (AvgIpc) is 2.57. The van der Waals surface area contributed by atoms with Crippen molar-refractivity contribution >= 4 is 33.9 Å².